The third kappa shape index (κ3) is 5.00. The number of aromatic amines is 1. The van der Waals surface area contributed by atoms with Crippen molar-refractivity contribution in [3.63, 3.8) is 0 Å². The summed E-state index contributed by atoms with van der Waals surface area (Å²) in [5, 5.41) is 19.6. The Hall–Kier alpha value is -3.46. The van der Waals surface area contributed by atoms with Crippen LogP contribution in [0, 0.1) is 0 Å². The Kier molecular flexibility index (Phi) is 6.94. The van der Waals surface area contributed by atoms with Crippen LogP contribution in [0.5, 0.6) is 5.75 Å². The number of rotatable bonds is 9. The smallest absolute Gasteiger partial charge is 0.346 e. The Morgan fingerprint density at radius 2 is 1.91 bits per heavy atom. The summed E-state index contributed by atoms with van der Waals surface area (Å²) in [4.78, 5) is 13.2. The first-order chi connectivity index (χ1) is 17.1. The molecule has 2 aromatic carbocycles. The topological polar surface area (TPSA) is 104 Å². The maximum absolute atomic E-state index is 13.2. The van der Waals surface area contributed by atoms with Gasteiger partial charge in [-0.1, -0.05) is 66.9 Å². The molecule has 9 nitrogen and oxygen atoms in total. The molecule has 0 amide bonds. The van der Waals surface area contributed by atoms with Gasteiger partial charge in [0.05, 0.1) is 12.6 Å². The van der Waals surface area contributed by atoms with E-state index in [4.69, 9.17) is 21.4 Å². The van der Waals surface area contributed by atoms with Gasteiger partial charge in [0.15, 0.2) is 6.10 Å². The molecule has 0 bridgehead atoms. The van der Waals surface area contributed by atoms with Crippen LogP contribution in [0.3, 0.4) is 0 Å². The van der Waals surface area contributed by atoms with E-state index in [0.29, 0.717) is 23.1 Å². The highest BCUT2D eigenvalue weighted by Crippen LogP contribution is 2.31. The van der Waals surface area contributed by atoms with Gasteiger partial charge in [0.1, 0.15) is 11.6 Å². The Morgan fingerprint density at radius 3 is 2.60 bits per heavy atom. The molecule has 1 fully saturated rings. The van der Waals surface area contributed by atoms with E-state index in [1.807, 2.05) is 47.0 Å². The number of nitrogens with one attached hydrogen (secondary N) is 1. The second kappa shape index (κ2) is 10.4. The van der Waals surface area contributed by atoms with Crippen molar-refractivity contribution in [1.82, 2.24) is 35.0 Å². The molecule has 5 rings (SSSR count). The number of aryl methyl sites for hydroxylation is 1. The van der Waals surface area contributed by atoms with Crippen LogP contribution in [0.4, 0.5) is 0 Å². The predicted octanol–water partition coefficient (Wildman–Crippen LogP) is 4.50. The highest BCUT2D eigenvalue weighted by Gasteiger charge is 2.24. The number of ether oxygens (including phenoxy) is 1. The fourth-order valence-corrected chi connectivity index (χ4v) is 4.86. The van der Waals surface area contributed by atoms with E-state index < -0.39 is 6.10 Å². The number of nitrogens with zero attached hydrogens (tertiary/aromatic N) is 6. The van der Waals surface area contributed by atoms with E-state index in [1.165, 1.54) is 0 Å². The van der Waals surface area contributed by atoms with Gasteiger partial charge >= 0.3 is 5.69 Å². The van der Waals surface area contributed by atoms with Crippen LogP contribution in [0.2, 0.25) is 5.02 Å². The Morgan fingerprint density at radius 1 is 1.14 bits per heavy atom. The van der Waals surface area contributed by atoms with Crippen LogP contribution in [0.1, 0.15) is 73.9 Å². The van der Waals surface area contributed by atoms with E-state index in [0.717, 1.165) is 55.5 Å². The van der Waals surface area contributed by atoms with Crippen LogP contribution < -0.4 is 10.4 Å². The van der Waals surface area contributed by atoms with Gasteiger partial charge in [-0.3, -0.25) is 4.57 Å². The lowest BCUT2D eigenvalue weighted by Gasteiger charge is -2.18. The fraction of sp³-hybridized carbons (Fsp3) is 0.400. The average Bonchev–Trinajstić information content (AvgIpc) is 3.64. The summed E-state index contributed by atoms with van der Waals surface area (Å²) >= 11 is 6.42. The molecule has 1 saturated carbocycles. The summed E-state index contributed by atoms with van der Waals surface area (Å²) in [7, 11) is 0. The van der Waals surface area contributed by atoms with Gasteiger partial charge in [-0.25, -0.2) is 9.48 Å². The highest BCUT2D eigenvalue weighted by molar-refractivity contribution is 6.31. The highest BCUT2D eigenvalue weighted by atomic mass is 35.5. The van der Waals surface area contributed by atoms with Gasteiger partial charge in [-0.2, -0.15) is 10.3 Å². The molecule has 35 heavy (non-hydrogen) atoms. The van der Waals surface area contributed by atoms with E-state index >= 15 is 0 Å². The first kappa shape index (κ1) is 23.3. The van der Waals surface area contributed by atoms with Crippen molar-refractivity contribution in [2.24, 2.45) is 0 Å². The summed E-state index contributed by atoms with van der Waals surface area (Å²) in [6.45, 7) is 2.58. The fourth-order valence-electron chi connectivity index (χ4n) is 4.63. The second-order valence-electron chi connectivity index (χ2n) is 8.85. The van der Waals surface area contributed by atoms with Crippen molar-refractivity contribution in [2.45, 2.75) is 64.1 Å². The Balaban J connectivity index is 1.37. The summed E-state index contributed by atoms with van der Waals surface area (Å²) in [6, 6.07) is 15.3. The number of hydrogen-bond donors (Lipinski definition) is 1. The normalized spacial score (nSPS) is 14.9. The molecule has 4 aromatic rings. The second-order valence-corrected chi connectivity index (χ2v) is 9.26. The first-order valence-electron chi connectivity index (χ1n) is 12.1. The van der Waals surface area contributed by atoms with Gasteiger partial charge in [-0.05, 0) is 43.0 Å². The molecule has 10 heteroatoms. The molecule has 1 aliphatic rings. The zero-order valence-electron chi connectivity index (χ0n) is 19.6. The molecule has 1 atom stereocenters. The van der Waals surface area contributed by atoms with Crippen molar-refractivity contribution < 1.29 is 4.74 Å². The number of tetrazole rings is 1. The molecule has 0 aliphatic heterocycles. The molecule has 182 valence electrons. The summed E-state index contributed by atoms with van der Waals surface area (Å²) < 4.78 is 9.76. The minimum Gasteiger partial charge on any atom is -0.477 e. The molecule has 2 heterocycles. The maximum atomic E-state index is 13.2. The quantitative estimate of drug-likeness (QED) is 0.368. The summed E-state index contributed by atoms with van der Waals surface area (Å²) in [5.74, 6) is 1.86. The zero-order chi connectivity index (χ0) is 24.2. The molecular weight excluding hydrogens is 466 g/mol. The molecule has 1 aliphatic carbocycles. The van der Waals surface area contributed by atoms with Crippen LogP contribution in [-0.4, -0.2) is 35.0 Å². The van der Waals surface area contributed by atoms with Crippen molar-refractivity contribution in [1.29, 1.82) is 0 Å². The number of H-pyrrole nitrogens is 1. The minimum atomic E-state index is -0.614. The lowest BCUT2D eigenvalue weighted by atomic mass is 10.1. The lowest BCUT2D eigenvalue weighted by Crippen LogP contribution is -2.28. The third-order valence-corrected chi connectivity index (χ3v) is 6.75. The SMILES string of the molecule is CCCc1nn(C2CCCC2)c(=O)n1Cc1ccc(OC(c2nn[nH]n2)c2ccccc2Cl)cc1. The molecule has 2 aromatic heterocycles. The van der Waals surface area contributed by atoms with Gasteiger partial charge in [0.25, 0.3) is 0 Å². The van der Waals surface area contributed by atoms with Crippen molar-refractivity contribution in [3.8, 4) is 5.75 Å². The van der Waals surface area contributed by atoms with Gasteiger partial charge < -0.3 is 4.74 Å². The summed E-state index contributed by atoms with van der Waals surface area (Å²) in [5.41, 5.74) is 1.72. The Labute approximate surface area is 208 Å². The molecule has 1 N–H and O–H groups in total. The lowest BCUT2D eigenvalue weighted by molar-refractivity contribution is 0.237. The van der Waals surface area contributed by atoms with Crippen molar-refractivity contribution >= 4 is 11.6 Å². The van der Waals surface area contributed by atoms with Crippen molar-refractivity contribution in [2.75, 3.05) is 0 Å². The van der Waals surface area contributed by atoms with Crippen molar-refractivity contribution in [3.05, 3.63) is 86.8 Å². The molecule has 0 radical (unpaired) electrons. The van der Waals surface area contributed by atoms with Crippen LogP contribution in [0.25, 0.3) is 0 Å². The number of hydrogen-bond acceptors (Lipinski definition) is 6. The van der Waals surface area contributed by atoms with E-state index in [-0.39, 0.29) is 11.7 Å². The van der Waals surface area contributed by atoms with E-state index in [2.05, 4.69) is 27.5 Å². The van der Waals surface area contributed by atoms with E-state index in [1.54, 1.807) is 10.7 Å². The van der Waals surface area contributed by atoms with Gasteiger partial charge in [0.2, 0.25) is 5.82 Å². The molecular formula is C25H28ClN7O2. The standard InChI is InChI=1S/C25H28ClN7O2/c1-2-7-22-29-33(18-8-3-4-9-18)25(34)32(22)16-17-12-14-19(15-13-17)35-23(24-27-30-31-28-24)20-10-5-6-11-21(20)26/h5-6,10-15,18,23H,2-4,7-9,16H2,1H3,(H,27,28,30,31). The van der Waals surface area contributed by atoms with Gasteiger partial charge in [0, 0.05) is 17.0 Å². The zero-order valence-corrected chi connectivity index (χ0v) is 20.4. The minimum absolute atomic E-state index is 0.0171. The molecule has 0 spiro atoms. The van der Waals surface area contributed by atoms with Crippen LogP contribution in [0.15, 0.2) is 53.3 Å². The van der Waals surface area contributed by atoms with Crippen LogP contribution in [-0.2, 0) is 13.0 Å². The molecule has 1 unspecified atom stereocenters. The molecule has 0 saturated heterocycles. The van der Waals surface area contributed by atoms with E-state index in [9.17, 15) is 4.79 Å². The predicted molar refractivity (Wildman–Crippen MR) is 132 cm³/mol. The average molecular weight is 494 g/mol. The largest absolute Gasteiger partial charge is 0.477 e. The monoisotopic (exact) mass is 493 g/mol. The number of aromatic nitrogens is 7. The Bertz CT molecular complexity index is 1310. The van der Waals surface area contributed by atoms with Gasteiger partial charge in [-0.15, -0.1) is 10.2 Å². The third-order valence-electron chi connectivity index (χ3n) is 6.41. The maximum Gasteiger partial charge on any atom is 0.346 e. The number of halogens is 1. The summed E-state index contributed by atoms with van der Waals surface area (Å²) in [6.07, 6.45) is 5.48. The first-order valence-corrected chi connectivity index (χ1v) is 12.4. The van der Waals surface area contributed by atoms with Crippen LogP contribution >= 0.6 is 11.6 Å². The number of benzene rings is 2.